The highest BCUT2D eigenvalue weighted by molar-refractivity contribution is 6.32. The van der Waals surface area contributed by atoms with Crippen molar-refractivity contribution in [1.82, 2.24) is 14.9 Å². The van der Waals surface area contributed by atoms with E-state index in [0.717, 1.165) is 12.2 Å². The zero-order valence-corrected chi connectivity index (χ0v) is 11.0. The van der Waals surface area contributed by atoms with Gasteiger partial charge in [0.05, 0.1) is 17.7 Å². The Labute approximate surface area is 115 Å². The number of nitrogens with zero attached hydrogens (tertiary/aromatic N) is 4. The van der Waals surface area contributed by atoms with Gasteiger partial charge in [-0.1, -0.05) is 11.6 Å². The third-order valence-electron chi connectivity index (χ3n) is 3.71. The topological polar surface area (TPSA) is 81.8 Å². The van der Waals surface area contributed by atoms with Crippen LogP contribution in [-0.4, -0.2) is 63.6 Å². The summed E-state index contributed by atoms with van der Waals surface area (Å²) < 4.78 is 0. The zero-order chi connectivity index (χ0) is 13.4. The molecule has 0 aliphatic carbocycles. The van der Waals surface area contributed by atoms with Crippen molar-refractivity contribution in [1.29, 1.82) is 0 Å². The zero-order valence-electron chi connectivity index (χ0n) is 10.3. The van der Waals surface area contributed by atoms with E-state index in [0.29, 0.717) is 23.9 Å². The van der Waals surface area contributed by atoms with Crippen LogP contribution >= 0.6 is 11.6 Å². The fourth-order valence-corrected chi connectivity index (χ4v) is 2.87. The van der Waals surface area contributed by atoms with Gasteiger partial charge < -0.3 is 10.2 Å². The van der Waals surface area contributed by atoms with E-state index >= 15 is 0 Å². The van der Waals surface area contributed by atoms with E-state index in [9.17, 15) is 5.11 Å². The summed E-state index contributed by atoms with van der Waals surface area (Å²) in [6.45, 7) is 2.00. The number of aliphatic hydroxyl groups is 2. The van der Waals surface area contributed by atoms with E-state index in [-0.39, 0.29) is 18.4 Å². The van der Waals surface area contributed by atoms with Gasteiger partial charge in [0.25, 0.3) is 0 Å². The van der Waals surface area contributed by atoms with Crippen LogP contribution in [0.25, 0.3) is 0 Å². The Bertz CT molecular complexity index is 511. The molecule has 7 heteroatoms. The number of rotatable bonds is 3. The predicted octanol–water partition coefficient (Wildman–Crippen LogP) is 0.214. The number of likely N-dealkylation sites (tertiary alicyclic amines) is 1. The molecule has 102 valence electrons. The Morgan fingerprint density at radius 3 is 2.95 bits per heavy atom. The molecule has 2 aliphatic heterocycles. The Balaban J connectivity index is 1.71. The Kier molecular flexibility index (Phi) is 3.49. The lowest BCUT2D eigenvalue weighted by Gasteiger charge is -2.18. The standard InChI is InChI=1S/C12H15ClN4O2/c13-12-11-10(15-6-16-12)7(1-14-11)2-17-3-8(5-18)9(19)4-17/h1,6-9,18-19H,2-5H2/t7?,8-,9+/m1/s1. The molecule has 0 radical (unpaired) electrons. The Morgan fingerprint density at radius 1 is 1.37 bits per heavy atom. The minimum atomic E-state index is -0.461. The van der Waals surface area contributed by atoms with Gasteiger partial charge in [0.2, 0.25) is 0 Å². The number of fused-ring (bicyclic) bond motifs is 1. The Hall–Kier alpha value is -1.08. The van der Waals surface area contributed by atoms with Crippen LogP contribution in [0.1, 0.15) is 11.6 Å². The van der Waals surface area contributed by atoms with Gasteiger partial charge in [0, 0.05) is 38.4 Å². The number of aliphatic hydroxyl groups excluding tert-OH is 2. The molecule has 0 aromatic carbocycles. The van der Waals surface area contributed by atoms with Gasteiger partial charge in [0.1, 0.15) is 12.0 Å². The number of aliphatic imine (C=N–C) groups is 1. The maximum absolute atomic E-state index is 9.79. The summed E-state index contributed by atoms with van der Waals surface area (Å²) in [4.78, 5) is 14.5. The number of β-amino-alcohol motifs (C(OH)–C–C–N with tert-alkyl or cyclic N) is 1. The highest BCUT2D eigenvalue weighted by atomic mass is 35.5. The predicted molar refractivity (Wildman–Crippen MR) is 71.0 cm³/mol. The molecule has 1 aromatic heterocycles. The van der Waals surface area contributed by atoms with E-state index in [1.165, 1.54) is 6.33 Å². The first-order valence-electron chi connectivity index (χ1n) is 6.25. The first kappa shape index (κ1) is 12.9. The van der Waals surface area contributed by atoms with Crippen molar-refractivity contribution in [3.63, 3.8) is 0 Å². The van der Waals surface area contributed by atoms with Crippen molar-refractivity contribution in [2.45, 2.75) is 12.0 Å². The molecule has 3 rings (SSSR count). The van der Waals surface area contributed by atoms with Crippen molar-refractivity contribution in [2.24, 2.45) is 10.9 Å². The third kappa shape index (κ3) is 2.36. The van der Waals surface area contributed by atoms with E-state index in [1.807, 2.05) is 6.21 Å². The van der Waals surface area contributed by atoms with Crippen LogP contribution < -0.4 is 0 Å². The molecular formula is C12H15ClN4O2. The van der Waals surface area contributed by atoms with Crippen molar-refractivity contribution in [2.75, 3.05) is 26.2 Å². The summed E-state index contributed by atoms with van der Waals surface area (Å²) >= 11 is 5.97. The third-order valence-corrected chi connectivity index (χ3v) is 3.99. The summed E-state index contributed by atoms with van der Waals surface area (Å²) in [6, 6.07) is 0. The maximum Gasteiger partial charge on any atom is 0.158 e. The van der Waals surface area contributed by atoms with Crippen LogP contribution in [0.4, 0.5) is 5.69 Å². The molecule has 19 heavy (non-hydrogen) atoms. The van der Waals surface area contributed by atoms with Gasteiger partial charge in [-0.3, -0.25) is 9.89 Å². The smallest absolute Gasteiger partial charge is 0.158 e. The lowest BCUT2D eigenvalue weighted by molar-refractivity contribution is 0.103. The average Bonchev–Trinajstić information content (AvgIpc) is 2.95. The second-order valence-corrected chi connectivity index (χ2v) is 5.37. The second-order valence-electron chi connectivity index (χ2n) is 5.01. The lowest BCUT2D eigenvalue weighted by Crippen LogP contribution is -2.27. The number of hydrogen-bond donors (Lipinski definition) is 2. The van der Waals surface area contributed by atoms with Crippen molar-refractivity contribution >= 4 is 23.5 Å². The van der Waals surface area contributed by atoms with Gasteiger partial charge in [0.15, 0.2) is 5.15 Å². The molecule has 0 bridgehead atoms. The quantitative estimate of drug-likeness (QED) is 0.775. The molecule has 1 saturated heterocycles. The molecule has 0 amide bonds. The Morgan fingerprint density at radius 2 is 2.21 bits per heavy atom. The van der Waals surface area contributed by atoms with Crippen molar-refractivity contribution in [3.05, 3.63) is 17.2 Å². The van der Waals surface area contributed by atoms with Crippen LogP contribution in [0.3, 0.4) is 0 Å². The summed E-state index contributed by atoms with van der Waals surface area (Å²) in [5.41, 5.74) is 1.48. The van der Waals surface area contributed by atoms with Crippen molar-refractivity contribution in [3.8, 4) is 0 Å². The van der Waals surface area contributed by atoms with Crippen LogP contribution in [0.5, 0.6) is 0 Å². The van der Waals surface area contributed by atoms with Crippen molar-refractivity contribution < 1.29 is 10.2 Å². The first-order valence-corrected chi connectivity index (χ1v) is 6.62. The average molecular weight is 283 g/mol. The molecule has 0 spiro atoms. The highest BCUT2D eigenvalue weighted by Crippen LogP contribution is 2.35. The van der Waals surface area contributed by atoms with E-state index in [2.05, 4.69) is 19.9 Å². The van der Waals surface area contributed by atoms with Crippen LogP contribution in [0, 0.1) is 5.92 Å². The van der Waals surface area contributed by atoms with Gasteiger partial charge >= 0.3 is 0 Å². The second kappa shape index (κ2) is 5.13. The molecule has 1 fully saturated rings. The minimum absolute atomic E-state index is 0.0149. The molecule has 3 atom stereocenters. The summed E-state index contributed by atoms with van der Waals surface area (Å²) in [6.07, 6.45) is 2.80. The van der Waals surface area contributed by atoms with Gasteiger partial charge in [-0.05, 0) is 0 Å². The monoisotopic (exact) mass is 282 g/mol. The normalized spacial score (nSPS) is 29.9. The molecule has 1 aromatic rings. The molecule has 6 nitrogen and oxygen atoms in total. The molecule has 3 heterocycles. The van der Waals surface area contributed by atoms with E-state index < -0.39 is 6.10 Å². The van der Waals surface area contributed by atoms with E-state index in [1.54, 1.807) is 0 Å². The van der Waals surface area contributed by atoms with Gasteiger partial charge in [-0.2, -0.15) is 0 Å². The maximum atomic E-state index is 9.79. The summed E-state index contributed by atoms with van der Waals surface area (Å²) in [5.74, 6) is 0.00643. The van der Waals surface area contributed by atoms with Crippen LogP contribution in [0.2, 0.25) is 5.15 Å². The summed E-state index contributed by atoms with van der Waals surface area (Å²) in [5, 5.41) is 19.3. The van der Waals surface area contributed by atoms with E-state index in [4.69, 9.17) is 16.7 Å². The number of hydrogen-bond acceptors (Lipinski definition) is 6. The number of halogens is 1. The van der Waals surface area contributed by atoms with Crippen LogP contribution in [-0.2, 0) is 0 Å². The molecule has 2 N–H and O–H groups in total. The number of aromatic nitrogens is 2. The molecular weight excluding hydrogens is 268 g/mol. The fourth-order valence-electron chi connectivity index (χ4n) is 2.68. The molecule has 1 unspecified atom stereocenters. The highest BCUT2D eigenvalue weighted by Gasteiger charge is 2.33. The fraction of sp³-hybridized carbons (Fsp3) is 0.583. The van der Waals surface area contributed by atoms with Crippen LogP contribution in [0.15, 0.2) is 11.3 Å². The molecule has 0 saturated carbocycles. The molecule has 2 aliphatic rings. The summed E-state index contributed by atoms with van der Waals surface area (Å²) in [7, 11) is 0. The minimum Gasteiger partial charge on any atom is -0.396 e. The largest absolute Gasteiger partial charge is 0.396 e. The van der Waals surface area contributed by atoms with Gasteiger partial charge in [-0.25, -0.2) is 9.97 Å². The lowest BCUT2D eigenvalue weighted by atomic mass is 10.1. The SMILES string of the molecule is OC[C@H]1CN(CC2C=Nc3c(Cl)ncnc32)C[C@@H]1O. The first-order chi connectivity index (χ1) is 9.19. The van der Waals surface area contributed by atoms with Gasteiger partial charge in [-0.15, -0.1) is 0 Å².